The molecule has 1 fully saturated rings. The fourth-order valence-corrected chi connectivity index (χ4v) is 4.09. The second kappa shape index (κ2) is 5.48. The minimum Gasteiger partial charge on any atom is -0.323 e. The van der Waals surface area contributed by atoms with E-state index in [0.717, 1.165) is 0 Å². The van der Waals surface area contributed by atoms with Crippen LogP contribution in [0, 0.1) is 11.7 Å². The van der Waals surface area contributed by atoms with Gasteiger partial charge in [-0.15, -0.1) is 0 Å². The Kier molecular flexibility index (Phi) is 3.65. The van der Waals surface area contributed by atoms with Crippen molar-refractivity contribution < 1.29 is 17.6 Å². The van der Waals surface area contributed by atoms with E-state index in [2.05, 4.69) is 20.5 Å². The van der Waals surface area contributed by atoms with Crippen molar-refractivity contribution in [1.82, 2.24) is 15.2 Å². The van der Waals surface area contributed by atoms with E-state index < -0.39 is 27.5 Å². The number of benzene rings is 1. The summed E-state index contributed by atoms with van der Waals surface area (Å²) in [6, 6.07) is 4.14. The maximum Gasteiger partial charge on any atom is 0.228 e. The van der Waals surface area contributed by atoms with Crippen molar-refractivity contribution >= 4 is 21.4 Å². The van der Waals surface area contributed by atoms with Crippen LogP contribution < -0.4 is 5.32 Å². The maximum atomic E-state index is 13.8. The Morgan fingerprint density at radius 2 is 2.23 bits per heavy atom. The van der Waals surface area contributed by atoms with Gasteiger partial charge in [0.05, 0.1) is 23.1 Å². The van der Waals surface area contributed by atoms with Gasteiger partial charge in [-0.2, -0.15) is 5.10 Å². The lowest BCUT2D eigenvalue weighted by atomic mass is 10.1. The summed E-state index contributed by atoms with van der Waals surface area (Å²) in [5.41, 5.74) is 0.552. The molecule has 0 bridgehead atoms. The van der Waals surface area contributed by atoms with Crippen LogP contribution in [0.2, 0.25) is 0 Å². The standard InChI is InChI=1S/C13H13FN4O3S/c14-10-2-1-8(12-15-7-16-18-12)5-11(10)17-13(19)9-3-4-22(20,21)6-9/h1-2,5,7,9H,3-4,6H2,(H,17,19)(H,15,16,18)/t9-/m0/s1. The van der Waals surface area contributed by atoms with Gasteiger partial charge in [0.25, 0.3) is 0 Å². The number of H-pyrrole nitrogens is 1. The molecule has 2 aromatic rings. The van der Waals surface area contributed by atoms with Gasteiger partial charge in [0.15, 0.2) is 15.7 Å². The fraction of sp³-hybridized carbons (Fsp3) is 0.308. The van der Waals surface area contributed by atoms with Crippen molar-refractivity contribution in [1.29, 1.82) is 0 Å². The molecule has 2 N–H and O–H groups in total. The Balaban J connectivity index is 1.80. The molecule has 0 unspecified atom stereocenters. The largest absolute Gasteiger partial charge is 0.323 e. The maximum absolute atomic E-state index is 13.8. The molecule has 7 nitrogen and oxygen atoms in total. The number of nitrogens with one attached hydrogen (secondary N) is 2. The van der Waals surface area contributed by atoms with Gasteiger partial charge in [-0.05, 0) is 24.6 Å². The number of carbonyl (C=O) groups excluding carboxylic acids is 1. The van der Waals surface area contributed by atoms with Crippen LogP contribution in [0.25, 0.3) is 11.4 Å². The zero-order valence-corrected chi connectivity index (χ0v) is 12.2. The highest BCUT2D eigenvalue weighted by molar-refractivity contribution is 7.91. The number of amides is 1. The van der Waals surface area contributed by atoms with Crippen LogP contribution in [0.5, 0.6) is 0 Å². The average molecular weight is 324 g/mol. The first-order valence-corrected chi connectivity index (χ1v) is 8.43. The number of carbonyl (C=O) groups is 1. The number of aromatic amines is 1. The summed E-state index contributed by atoms with van der Waals surface area (Å²) in [4.78, 5) is 16.0. The first-order chi connectivity index (χ1) is 10.4. The van der Waals surface area contributed by atoms with E-state index >= 15 is 0 Å². The summed E-state index contributed by atoms with van der Waals surface area (Å²) in [7, 11) is -3.16. The Labute approximate surface area is 125 Å². The van der Waals surface area contributed by atoms with E-state index in [-0.39, 0.29) is 23.6 Å². The first-order valence-electron chi connectivity index (χ1n) is 6.61. The molecule has 1 aromatic carbocycles. The molecule has 1 atom stereocenters. The summed E-state index contributed by atoms with van der Waals surface area (Å²) in [5.74, 6) is -1.49. The number of aromatic nitrogens is 3. The SMILES string of the molecule is O=C(Nc1cc(-c2ncn[nH]2)ccc1F)[C@H]1CCS(=O)(=O)C1. The van der Waals surface area contributed by atoms with E-state index in [4.69, 9.17) is 0 Å². The Morgan fingerprint density at radius 3 is 2.86 bits per heavy atom. The third-order valence-corrected chi connectivity index (χ3v) is 5.28. The molecule has 3 rings (SSSR count). The predicted molar refractivity (Wildman–Crippen MR) is 77.2 cm³/mol. The predicted octanol–water partition coefficient (Wildman–Crippen LogP) is 0.984. The summed E-state index contributed by atoms with van der Waals surface area (Å²) in [5, 5.41) is 8.80. The number of hydrogen-bond acceptors (Lipinski definition) is 5. The Bertz CT molecular complexity index is 805. The molecule has 1 amide bonds. The number of nitrogens with zero attached hydrogens (tertiary/aromatic N) is 2. The molecular weight excluding hydrogens is 311 g/mol. The van der Waals surface area contributed by atoms with Crippen molar-refractivity contribution in [3.63, 3.8) is 0 Å². The monoisotopic (exact) mass is 324 g/mol. The van der Waals surface area contributed by atoms with Crippen molar-refractivity contribution in [2.75, 3.05) is 16.8 Å². The van der Waals surface area contributed by atoms with E-state index in [1.54, 1.807) is 0 Å². The Hall–Kier alpha value is -2.29. The molecule has 0 radical (unpaired) electrons. The zero-order chi connectivity index (χ0) is 15.7. The number of anilines is 1. The molecule has 116 valence electrons. The molecule has 1 aliphatic rings. The highest BCUT2D eigenvalue weighted by Gasteiger charge is 2.33. The molecule has 22 heavy (non-hydrogen) atoms. The Morgan fingerprint density at radius 1 is 1.41 bits per heavy atom. The lowest BCUT2D eigenvalue weighted by Gasteiger charge is -2.11. The molecular formula is C13H13FN4O3S. The highest BCUT2D eigenvalue weighted by atomic mass is 32.2. The molecule has 2 heterocycles. The van der Waals surface area contributed by atoms with E-state index in [1.165, 1.54) is 24.5 Å². The summed E-state index contributed by atoms with van der Waals surface area (Å²) in [6.07, 6.45) is 1.58. The lowest BCUT2D eigenvalue weighted by Crippen LogP contribution is -2.24. The number of sulfone groups is 1. The van der Waals surface area contributed by atoms with Crippen molar-refractivity contribution in [2.45, 2.75) is 6.42 Å². The van der Waals surface area contributed by atoms with E-state index in [9.17, 15) is 17.6 Å². The quantitative estimate of drug-likeness (QED) is 0.876. The van der Waals surface area contributed by atoms with Gasteiger partial charge in [0.2, 0.25) is 5.91 Å². The molecule has 1 aromatic heterocycles. The highest BCUT2D eigenvalue weighted by Crippen LogP contribution is 2.25. The van der Waals surface area contributed by atoms with Crippen LogP contribution in [-0.2, 0) is 14.6 Å². The summed E-state index contributed by atoms with van der Waals surface area (Å²) < 4.78 is 36.6. The van der Waals surface area contributed by atoms with Gasteiger partial charge in [-0.3, -0.25) is 9.89 Å². The van der Waals surface area contributed by atoms with Crippen LogP contribution in [0.1, 0.15) is 6.42 Å². The molecule has 0 saturated carbocycles. The van der Waals surface area contributed by atoms with Crippen LogP contribution in [0.4, 0.5) is 10.1 Å². The van der Waals surface area contributed by atoms with E-state index in [1.807, 2.05) is 0 Å². The fourth-order valence-electron chi connectivity index (χ4n) is 2.35. The first kappa shape index (κ1) is 14.6. The number of rotatable bonds is 3. The van der Waals surface area contributed by atoms with Gasteiger partial charge in [0, 0.05) is 5.56 Å². The average Bonchev–Trinajstić information content (AvgIpc) is 3.10. The minimum atomic E-state index is -3.16. The number of halogens is 1. The van der Waals surface area contributed by atoms with Gasteiger partial charge in [-0.25, -0.2) is 17.8 Å². The lowest BCUT2D eigenvalue weighted by molar-refractivity contribution is -0.119. The molecule has 9 heteroatoms. The molecule has 1 aliphatic heterocycles. The summed E-state index contributed by atoms with van der Waals surface area (Å²) in [6.45, 7) is 0. The smallest absolute Gasteiger partial charge is 0.228 e. The van der Waals surface area contributed by atoms with Gasteiger partial charge >= 0.3 is 0 Å². The third kappa shape index (κ3) is 2.98. The van der Waals surface area contributed by atoms with Crippen LogP contribution in [0.3, 0.4) is 0 Å². The normalized spacial score (nSPS) is 20.0. The van der Waals surface area contributed by atoms with Crippen LogP contribution in [0.15, 0.2) is 24.5 Å². The molecule has 0 aliphatic carbocycles. The van der Waals surface area contributed by atoms with Crippen molar-refractivity contribution in [3.8, 4) is 11.4 Å². The van der Waals surface area contributed by atoms with Gasteiger partial charge in [-0.1, -0.05) is 0 Å². The second-order valence-corrected chi connectivity index (χ2v) is 7.35. The van der Waals surface area contributed by atoms with Crippen LogP contribution >= 0.6 is 0 Å². The minimum absolute atomic E-state index is 0.00826. The number of hydrogen-bond donors (Lipinski definition) is 2. The van der Waals surface area contributed by atoms with Crippen LogP contribution in [-0.4, -0.2) is 41.0 Å². The topological polar surface area (TPSA) is 105 Å². The molecule has 0 spiro atoms. The van der Waals surface area contributed by atoms with Crippen molar-refractivity contribution in [2.24, 2.45) is 5.92 Å². The zero-order valence-electron chi connectivity index (χ0n) is 11.4. The van der Waals surface area contributed by atoms with Gasteiger partial charge < -0.3 is 5.32 Å². The van der Waals surface area contributed by atoms with E-state index in [0.29, 0.717) is 11.4 Å². The van der Waals surface area contributed by atoms with Gasteiger partial charge in [0.1, 0.15) is 12.1 Å². The molecule has 1 saturated heterocycles. The second-order valence-electron chi connectivity index (χ2n) is 5.12. The summed E-state index contributed by atoms with van der Waals surface area (Å²) >= 11 is 0. The van der Waals surface area contributed by atoms with Crippen molar-refractivity contribution in [3.05, 3.63) is 30.3 Å². The third-order valence-electron chi connectivity index (χ3n) is 3.52.